The van der Waals surface area contributed by atoms with Gasteiger partial charge in [0, 0.05) is 29.1 Å². The van der Waals surface area contributed by atoms with Crippen molar-refractivity contribution in [3.8, 4) is 11.3 Å². The third-order valence-corrected chi connectivity index (χ3v) is 3.91. The average Bonchev–Trinajstić information content (AvgIpc) is 2.63. The summed E-state index contributed by atoms with van der Waals surface area (Å²) in [6.07, 6.45) is 1.28. The lowest BCUT2D eigenvalue weighted by molar-refractivity contribution is 0.865. The minimum absolute atomic E-state index is 0.394. The maximum Gasteiger partial charge on any atom is 0.133 e. The van der Waals surface area contributed by atoms with Crippen LogP contribution in [0.2, 0.25) is 0 Å². The Balaban J connectivity index is 1.95. The van der Waals surface area contributed by atoms with Crippen molar-refractivity contribution >= 4 is 0 Å². The first-order valence-electron chi connectivity index (χ1n) is 8.23. The minimum Gasteiger partial charge on any atom is -0.238 e. The predicted molar refractivity (Wildman–Crippen MR) is 99.2 cm³/mol. The van der Waals surface area contributed by atoms with Crippen molar-refractivity contribution in [3.63, 3.8) is 0 Å². The predicted octanol–water partition coefficient (Wildman–Crippen LogP) is 4.90. The largest absolute Gasteiger partial charge is 0.238 e. The van der Waals surface area contributed by atoms with Gasteiger partial charge in [-0.25, -0.2) is 9.97 Å². The molecule has 2 aromatic carbocycles. The molecule has 0 N–H and O–H groups in total. The van der Waals surface area contributed by atoms with E-state index in [1.165, 1.54) is 11.1 Å². The second-order valence-corrected chi connectivity index (χ2v) is 5.89. The molecule has 25 heavy (non-hydrogen) atoms. The van der Waals surface area contributed by atoms with Crippen LogP contribution in [0, 0.1) is 6.92 Å². The number of hydrogen-bond acceptors (Lipinski definition) is 3. The molecule has 0 saturated carbocycles. The van der Waals surface area contributed by atoms with E-state index in [0.29, 0.717) is 19.4 Å². The molecule has 3 rings (SSSR count). The fourth-order valence-corrected chi connectivity index (χ4v) is 2.62. The monoisotopic (exact) mass is 329 g/mol. The van der Waals surface area contributed by atoms with Gasteiger partial charge in [0.05, 0.1) is 5.69 Å². The van der Waals surface area contributed by atoms with Gasteiger partial charge in [-0.1, -0.05) is 65.3 Å². The highest BCUT2D eigenvalue weighted by atomic mass is 15.1. The lowest BCUT2D eigenvalue weighted by Crippen LogP contribution is -2.04. The molecule has 0 amide bonds. The quantitative estimate of drug-likeness (QED) is 0.366. The highest BCUT2D eigenvalue weighted by molar-refractivity contribution is 5.59. The van der Waals surface area contributed by atoms with Crippen LogP contribution in [0.5, 0.6) is 0 Å². The van der Waals surface area contributed by atoms with E-state index < -0.39 is 0 Å². The molecule has 0 fully saturated rings. The Kier molecular flexibility index (Phi) is 5.39. The molecule has 0 unspecified atom stereocenters. The SMILES string of the molecule is Cc1ccc(-c2cc(CCN=[N+]=[N-])nc(Cc3ccccc3)n2)cc1. The summed E-state index contributed by atoms with van der Waals surface area (Å²) >= 11 is 0. The third-order valence-electron chi connectivity index (χ3n) is 3.91. The summed E-state index contributed by atoms with van der Waals surface area (Å²) in [5, 5.41) is 3.61. The lowest BCUT2D eigenvalue weighted by atomic mass is 10.1. The summed E-state index contributed by atoms with van der Waals surface area (Å²) in [4.78, 5) is 12.2. The van der Waals surface area contributed by atoms with E-state index in [-0.39, 0.29) is 0 Å². The number of aryl methyl sites for hydroxylation is 1. The molecule has 0 radical (unpaired) electrons. The van der Waals surface area contributed by atoms with E-state index in [1.54, 1.807) is 0 Å². The van der Waals surface area contributed by atoms with Gasteiger partial charge < -0.3 is 0 Å². The summed E-state index contributed by atoms with van der Waals surface area (Å²) in [5.74, 6) is 0.778. The molecule has 5 heteroatoms. The van der Waals surface area contributed by atoms with Crippen molar-refractivity contribution in [2.24, 2.45) is 5.11 Å². The molecule has 0 aliphatic heterocycles. The summed E-state index contributed by atoms with van der Waals surface area (Å²) in [6.45, 7) is 2.46. The van der Waals surface area contributed by atoms with E-state index in [4.69, 9.17) is 10.5 Å². The molecule has 0 aliphatic carbocycles. The van der Waals surface area contributed by atoms with E-state index in [0.717, 1.165) is 22.8 Å². The molecule has 1 aromatic heterocycles. The van der Waals surface area contributed by atoms with Crippen LogP contribution in [0.25, 0.3) is 21.7 Å². The molecule has 0 saturated heterocycles. The van der Waals surface area contributed by atoms with Crippen LogP contribution in [0.15, 0.2) is 65.8 Å². The zero-order chi connectivity index (χ0) is 17.5. The topological polar surface area (TPSA) is 74.5 Å². The summed E-state index contributed by atoms with van der Waals surface area (Å²) < 4.78 is 0. The third kappa shape index (κ3) is 4.66. The summed E-state index contributed by atoms with van der Waals surface area (Å²) in [6, 6.07) is 20.4. The number of rotatable bonds is 6. The first-order chi connectivity index (χ1) is 12.2. The van der Waals surface area contributed by atoms with Gasteiger partial charge in [0.1, 0.15) is 5.82 Å². The van der Waals surface area contributed by atoms with Crippen molar-refractivity contribution < 1.29 is 0 Å². The van der Waals surface area contributed by atoms with Gasteiger partial charge in [-0.2, -0.15) is 0 Å². The summed E-state index contributed by atoms with van der Waals surface area (Å²) in [5.41, 5.74) is 13.7. The molecule has 5 nitrogen and oxygen atoms in total. The molecular weight excluding hydrogens is 310 g/mol. The van der Waals surface area contributed by atoms with Crippen LogP contribution in [-0.4, -0.2) is 16.5 Å². The fourth-order valence-electron chi connectivity index (χ4n) is 2.62. The second kappa shape index (κ2) is 8.08. The number of hydrogen-bond donors (Lipinski definition) is 0. The van der Waals surface area contributed by atoms with Gasteiger partial charge in [-0.15, -0.1) is 0 Å². The Hall–Kier alpha value is -3.17. The van der Waals surface area contributed by atoms with Gasteiger partial charge in [-0.3, -0.25) is 0 Å². The van der Waals surface area contributed by atoms with Crippen LogP contribution >= 0.6 is 0 Å². The highest BCUT2D eigenvalue weighted by Crippen LogP contribution is 2.20. The maximum atomic E-state index is 8.48. The van der Waals surface area contributed by atoms with Crippen LogP contribution in [-0.2, 0) is 12.8 Å². The Morgan fingerprint density at radius 3 is 2.48 bits per heavy atom. The van der Waals surface area contributed by atoms with Crippen molar-refractivity contribution in [3.05, 3.63) is 93.8 Å². The molecule has 0 aliphatic rings. The zero-order valence-electron chi connectivity index (χ0n) is 14.1. The van der Waals surface area contributed by atoms with Crippen LogP contribution in [0.3, 0.4) is 0 Å². The maximum absolute atomic E-state index is 8.48. The Morgan fingerprint density at radius 2 is 1.76 bits per heavy atom. The first-order valence-corrected chi connectivity index (χ1v) is 8.23. The number of aromatic nitrogens is 2. The van der Waals surface area contributed by atoms with Gasteiger partial charge in [0.25, 0.3) is 0 Å². The van der Waals surface area contributed by atoms with E-state index in [9.17, 15) is 0 Å². The average molecular weight is 329 g/mol. The van der Waals surface area contributed by atoms with Gasteiger partial charge in [0.15, 0.2) is 0 Å². The lowest BCUT2D eigenvalue weighted by Gasteiger charge is -2.08. The van der Waals surface area contributed by atoms with Crippen LogP contribution < -0.4 is 0 Å². The van der Waals surface area contributed by atoms with Gasteiger partial charge in [-0.05, 0) is 30.5 Å². The smallest absolute Gasteiger partial charge is 0.133 e. The molecule has 3 aromatic rings. The van der Waals surface area contributed by atoms with Crippen LogP contribution in [0.4, 0.5) is 0 Å². The number of azide groups is 1. The minimum atomic E-state index is 0.394. The molecule has 0 atom stereocenters. The fraction of sp³-hybridized carbons (Fsp3) is 0.200. The number of benzene rings is 2. The Bertz CT molecular complexity index is 882. The van der Waals surface area contributed by atoms with Crippen molar-refractivity contribution in [2.75, 3.05) is 6.54 Å². The number of nitrogens with zero attached hydrogens (tertiary/aromatic N) is 5. The van der Waals surface area contributed by atoms with Crippen LogP contribution in [0.1, 0.15) is 22.6 Å². The Labute approximate surface area is 147 Å². The van der Waals surface area contributed by atoms with Crippen molar-refractivity contribution in [1.82, 2.24) is 9.97 Å². The van der Waals surface area contributed by atoms with E-state index >= 15 is 0 Å². The standard InChI is InChI=1S/C20H19N5/c1-15-7-9-17(10-8-15)19-14-18(11-12-22-25-21)23-20(24-19)13-16-5-3-2-4-6-16/h2-10,14H,11-13H2,1H3. The van der Waals surface area contributed by atoms with Crippen molar-refractivity contribution in [2.45, 2.75) is 19.8 Å². The summed E-state index contributed by atoms with van der Waals surface area (Å²) in [7, 11) is 0. The normalized spacial score (nSPS) is 10.3. The van der Waals surface area contributed by atoms with Crippen molar-refractivity contribution in [1.29, 1.82) is 0 Å². The second-order valence-electron chi connectivity index (χ2n) is 5.89. The highest BCUT2D eigenvalue weighted by Gasteiger charge is 2.08. The Morgan fingerprint density at radius 1 is 1.00 bits per heavy atom. The van der Waals surface area contributed by atoms with Gasteiger partial charge >= 0.3 is 0 Å². The van der Waals surface area contributed by atoms with Gasteiger partial charge in [0.2, 0.25) is 0 Å². The van der Waals surface area contributed by atoms with E-state index in [2.05, 4.69) is 58.3 Å². The molecule has 0 spiro atoms. The molecule has 1 heterocycles. The molecule has 0 bridgehead atoms. The van der Waals surface area contributed by atoms with E-state index in [1.807, 2.05) is 24.3 Å². The zero-order valence-corrected chi connectivity index (χ0v) is 14.1. The first kappa shape index (κ1) is 16.7. The molecule has 124 valence electrons. The molecular formula is C20H19N5.